The summed E-state index contributed by atoms with van der Waals surface area (Å²) in [4.78, 5) is 0. The minimum atomic E-state index is -0.521. The van der Waals surface area contributed by atoms with E-state index in [1.807, 2.05) is 6.92 Å². The van der Waals surface area contributed by atoms with Crippen molar-refractivity contribution in [2.75, 3.05) is 6.61 Å². The van der Waals surface area contributed by atoms with Gasteiger partial charge in [-0.1, -0.05) is 22.9 Å². The van der Waals surface area contributed by atoms with E-state index in [1.165, 1.54) is 0 Å². The van der Waals surface area contributed by atoms with Crippen LogP contribution in [0, 0.1) is 5.92 Å². The third kappa shape index (κ3) is 3.19. The molecule has 0 saturated carbocycles. The number of hydrogen-bond donors (Lipinski definition) is 2. The summed E-state index contributed by atoms with van der Waals surface area (Å²) in [5, 5.41) is 17.9. The molecule has 0 radical (unpaired) electrons. The fraction of sp³-hybridized carbons (Fsp3) is 1.00. The van der Waals surface area contributed by atoms with E-state index in [2.05, 4.69) is 15.9 Å². The van der Waals surface area contributed by atoms with Gasteiger partial charge in [-0.05, 0) is 6.42 Å². The number of halogens is 2. The number of rotatable bonds is 4. The molecular formula is C6H12BrClO2. The molecule has 10 heavy (non-hydrogen) atoms. The van der Waals surface area contributed by atoms with Gasteiger partial charge in [-0.2, -0.15) is 0 Å². The van der Waals surface area contributed by atoms with E-state index in [1.54, 1.807) is 0 Å². The highest BCUT2D eigenvalue weighted by atomic mass is 79.9. The first-order valence-electron chi connectivity index (χ1n) is 3.20. The van der Waals surface area contributed by atoms with Crippen LogP contribution in [-0.2, 0) is 0 Å². The highest BCUT2D eigenvalue weighted by Gasteiger charge is 2.22. The monoisotopic (exact) mass is 230 g/mol. The van der Waals surface area contributed by atoms with Crippen LogP contribution in [0.4, 0.5) is 0 Å². The zero-order chi connectivity index (χ0) is 8.15. The molecule has 0 rings (SSSR count). The van der Waals surface area contributed by atoms with Gasteiger partial charge in [-0.15, -0.1) is 11.6 Å². The molecule has 0 aromatic heterocycles. The Morgan fingerprint density at radius 3 is 2.20 bits per heavy atom. The number of alkyl halides is 2. The van der Waals surface area contributed by atoms with E-state index in [-0.39, 0.29) is 16.8 Å². The summed E-state index contributed by atoms with van der Waals surface area (Å²) in [5.74, 6) is -0.272. The predicted molar refractivity (Wildman–Crippen MR) is 45.4 cm³/mol. The molecule has 0 spiro atoms. The van der Waals surface area contributed by atoms with Crippen LogP contribution >= 0.6 is 27.5 Å². The van der Waals surface area contributed by atoms with E-state index in [4.69, 9.17) is 16.7 Å². The summed E-state index contributed by atoms with van der Waals surface area (Å²) in [6, 6.07) is 0. The molecule has 0 heterocycles. The van der Waals surface area contributed by atoms with Crippen molar-refractivity contribution in [2.24, 2.45) is 5.92 Å². The van der Waals surface area contributed by atoms with Gasteiger partial charge in [-0.3, -0.25) is 0 Å². The van der Waals surface area contributed by atoms with E-state index in [0.29, 0.717) is 6.42 Å². The van der Waals surface area contributed by atoms with Gasteiger partial charge < -0.3 is 10.2 Å². The van der Waals surface area contributed by atoms with Crippen molar-refractivity contribution in [1.82, 2.24) is 0 Å². The van der Waals surface area contributed by atoms with Crippen LogP contribution in [0.1, 0.15) is 13.3 Å². The Labute approximate surface area is 74.3 Å². The van der Waals surface area contributed by atoms with Crippen LogP contribution in [0.15, 0.2) is 0 Å². The smallest absolute Gasteiger partial charge is 0.0960 e. The van der Waals surface area contributed by atoms with E-state index in [9.17, 15) is 5.11 Å². The quantitative estimate of drug-likeness (QED) is 0.717. The van der Waals surface area contributed by atoms with Crippen LogP contribution in [0.5, 0.6) is 0 Å². The van der Waals surface area contributed by atoms with Crippen LogP contribution in [0.25, 0.3) is 0 Å². The second-order valence-corrected chi connectivity index (χ2v) is 4.14. The maximum Gasteiger partial charge on any atom is 0.0960 e. The summed E-state index contributed by atoms with van der Waals surface area (Å²) >= 11 is 8.70. The van der Waals surface area contributed by atoms with Crippen LogP contribution < -0.4 is 0 Å². The van der Waals surface area contributed by atoms with Gasteiger partial charge in [0.15, 0.2) is 0 Å². The topological polar surface area (TPSA) is 40.5 Å². The second-order valence-electron chi connectivity index (χ2n) is 2.16. The predicted octanol–water partition coefficient (Wildman–Crippen LogP) is 1.33. The molecule has 0 amide bonds. The van der Waals surface area contributed by atoms with Crippen molar-refractivity contribution in [3.8, 4) is 0 Å². The van der Waals surface area contributed by atoms with Gasteiger partial charge in [0.25, 0.3) is 0 Å². The summed E-state index contributed by atoms with van der Waals surface area (Å²) in [6.45, 7) is 1.76. The Bertz CT molecular complexity index is 89.8. The number of aliphatic hydroxyl groups is 2. The van der Waals surface area contributed by atoms with E-state index >= 15 is 0 Å². The molecule has 0 aliphatic rings. The molecule has 2 nitrogen and oxygen atoms in total. The highest BCUT2D eigenvalue weighted by Crippen LogP contribution is 2.21. The highest BCUT2D eigenvalue weighted by molar-refractivity contribution is 9.10. The van der Waals surface area contributed by atoms with E-state index < -0.39 is 6.10 Å². The average Bonchev–Trinajstić information content (AvgIpc) is 1.88. The normalized spacial score (nSPS) is 20.1. The molecular weight excluding hydrogens is 219 g/mol. The molecule has 4 heteroatoms. The lowest BCUT2D eigenvalue weighted by atomic mass is 10.0. The molecule has 0 aliphatic heterocycles. The van der Waals surface area contributed by atoms with Crippen LogP contribution in [0.3, 0.4) is 0 Å². The molecule has 0 saturated heterocycles. The maximum atomic E-state index is 9.21. The van der Waals surface area contributed by atoms with Gasteiger partial charge in [0, 0.05) is 5.92 Å². The summed E-state index contributed by atoms with van der Waals surface area (Å²) < 4.78 is -0.354. The lowest BCUT2D eigenvalue weighted by molar-refractivity contribution is 0.0731. The van der Waals surface area contributed by atoms with Crippen molar-refractivity contribution >= 4 is 27.5 Å². The lowest BCUT2D eigenvalue weighted by Gasteiger charge is -2.20. The molecule has 0 bridgehead atoms. The fourth-order valence-electron chi connectivity index (χ4n) is 0.672. The Morgan fingerprint density at radius 2 is 2.10 bits per heavy atom. The third-order valence-electron chi connectivity index (χ3n) is 1.45. The molecule has 0 fully saturated rings. The van der Waals surface area contributed by atoms with Gasteiger partial charge in [0.1, 0.15) is 0 Å². The van der Waals surface area contributed by atoms with E-state index in [0.717, 1.165) is 0 Å². The van der Waals surface area contributed by atoms with Crippen molar-refractivity contribution < 1.29 is 10.2 Å². The first kappa shape index (κ1) is 10.7. The van der Waals surface area contributed by atoms with Crippen molar-refractivity contribution in [1.29, 1.82) is 0 Å². The molecule has 62 valence electrons. The average molecular weight is 232 g/mol. The SMILES string of the molecule is CCC(O)C(CO)C(Cl)Br. The summed E-state index contributed by atoms with van der Waals surface area (Å²) in [7, 11) is 0. The fourth-order valence-corrected chi connectivity index (χ4v) is 1.44. The molecule has 0 aliphatic carbocycles. The molecule has 3 unspecified atom stereocenters. The molecule has 2 N–H and O–H groups in total. The first-order chi connectivity index (χ1) is 4.63. The zero-order valence-corrected chi connectivity index (χ0v) is 8.14. The molecule has 0 aromatic carbocycles. The number of hydrogen-bond acceptors (Lipinski definition) is 2. The number of aliphatic hydroxyl groups excluding tert-OH is 2. The van der Waals surface area contributed by atoms with Gasteiger partial charge in [-0.25, -0.2) is 0 Å². The van der Waals surface area contributed by atoms with Crippen molar-refractivity contribution in [3.05, 3.63) is 0 Å². The standard InChI is InChI=1S/C6H12BrClO2/c1-2-5(10)4(3-9)6(7)8/h4-6,9-10H,2-3H2,1H3. The Kier molecular flexibility index (Phi) is 5.72. The summed E-state index contributed by atoms with van der Waals surface area (Å²) in [6.07, 6.45) is 0.0897. The maximum absolute atomic E-state index is 9.21. The van der Waals surface area contributed by atoms with Crippen molar-refractivity contribution in [2.45, 2.75) is 23.7 Å². The van der Waals surface area contributed by atoms with Gasteiger partial charge >= 0.3 is 0 Å². The zero-order valence-electron chi connectivity index (χ0n) is 5.80. The van der Waals surface area contributed by atoms with Gasteiger partial charge in [0.05, 0.1) is 17.0 Å². The minimum absolute atomic E-state index is 0.0889. The van der Waals surface area contributed by atoms with Crippen LogP contribution in [0.2, 0.25) is 0 Å². The molecule has 0 aromatic rings. The van der Waals surface area contributed by atoms with Crippen molar-refractivity contribution in [3.63, 3.8) is 0 Å². The Balaban J connectivity index is 3.80. The Hall–Kier alpha value is 0.690. The first-order valence-corrected chi connectivity index (χ1v) is 4.55. The Morgan fingerprint density at radius 1 is 1.60 bits per heavy atom. The summed E-state index contributed by atoms with van der Waals surface area (Å²) in [5.41, 5.74) is 0. The molecule has 3 atom stereocenters. The minimum Gasteiger partial charge on any atom is -0.396 e. The van der Waals surface area contributed by atoms with Crippen LogP contribution in [-0.4, -0.2) is 27.2 Å². The largest absolute Gasteiger partial charge is 0.396 e. The lowest BCUT2D eigenvalue weighted by Crippen LogP contribution is -2.28. The third-order valence-corrected chi connectivity index (χ3v) is 2.45. The van der Waals surface area contributed by atoms with Gasteiger partial charge in [0.2, 0.25) is 0 Å². The second kappa shape index (κ2) is 5.35.